The molecule has 1 aliphatic heterocycles. The first-order chi connectivity index (χ1) is 13.7. The fraction of sp³-hybridized carbons (Fsp3) is 0.211. The summed E-state index contributed by atoms with van der Waals surface area (Å²) in [6, 6.07) is 8.88. The van der Waals surface area contributed by atoms with E-state index >= 15 is 0 Å². The fourth-order valence-electron chi connectivity index (χ4n) is 2.90. The minimum absolute atomic E-state index is 0.0860. The van der Waals surface area contributed by atoms with Crippen molar-refractivity contribution in [2.24, 2.45) is 0 Å². The summed E-state index contributed by atoms with van der Waals surface area (Å²) >= 11 is 1.34. The summed E-state index contributed by atoms with van der Waals surface area (Å²) in [6.45, 7) is 1.01. The second-order valence-electron chi connectivity index (χ2n) is 6.23. The van der Waals surface area contributed by atoms with Crippen LogP contribution >= 0.6 is 11.3 Å². The Morgan fingerprint density at radius 3 is 2.89 bits per heavy atom. The topological polar surface area (TPSA) is 100 Å². The largest absolute Gasteiger partial charge is 0.334 e. The lowest BCUT2D eigenvalue weighted by Gasteiger charge is -2.15. The van der Waals surface area contributed by atoms with E-state index in [0.717, 1.165) is 23.4 Å². The SMILES string of the molecule is O=C(NCc1ccnc(N2CCCC2=O)c1)Nc1nc(-c2ccccn2)cs1. The molecule has 0 bridgehead atoms. The van der Waals surface area contributed by atoms with E-state index in [0.29, 0.717) is 30.5 Å². The van der Waals surface area contributed by atoms with Crippen molar-refractivity contribution in [3.05, 3.63) is 53.7 Å². The number of nitrogens with one attached hydrogen (secondary N) is 2. The normalized spacial score (nSPS) is 13.6. The number of urea groups is 1. The molecular formula is C19H18N6O2S. The molecular weight excluding hydrogens is 376 g/mol. The number of anilines is 2. The first-order valence-corrected chi connectivity index (χ1v) is 9.74. The van der Waals surface area contributed by atoms with Gasteiger partial charge in [-0.1, -0.05) is 6.07 Å². The third-order valence-electron chi connectivity index (χ3n) is 4.26. The summed E-state index contributed by atoms with van der Waals surface area (Å²) < 4.78 is 0. The van der Waals surface area contributed by atoms with E-state index in [-0.39, 0.29) is 11.9 Å². The summed E-state index contributed by atoms with van der Waals surface area (Å²) in [4.78, 5) is 38.6. The Hall–Kier alpha value is -3.33. The second kappa shape index (κ2) is 8.13. The molecule has 28 heavy (non-hydrogen) atoms. The summed E-state index contributed by atoms with van der Waals surface area (Å²) in [6.07, 6.45) is 4.75. The highest BCUT2D eigenvalue weighted by molar-refractivity contribution is 7.14. The van der Waals surface area contributed by atoms with Gasteiger partial charge in [-0.2, -0.15) is 0 Å². The van der Waals surface area contributed by atoms with E-state index in [4.69, 9.17) is 0 Å². The van der Waals surface area contributed by atoms with Gasteiger partial charge in [0, 0.05) is 37.3 Å². The van der Waals surface area contributed by atoms with Gasteiger partial charge >= 0.3 is 6.03 Å². The first kappa shape index (κ1) is 18.1. The zero-order valence-electron chi connectivity index (χ0n) is 15.0. The molecule has 0 aromatic carbocycles. The highest BCUT2D eigenvalue weighted by atomic mass is 32.1. The van der Waals surface area contributed by atoms with Crippen LogP contribution in [0.25, 0.3) is 11.4 Å². The van der Waals surface area contributed by atoms with Gasteiger partial charge in [0.25, 0.3) is 0 Å². The van der Waals surface area contributed by atoms with Gasteiger partial charge < -0.3 is 5.32 Å². The minimum atomic E-state index is -0.350. The Kier molecular flexibility index (Phi) is 5.24. The monoisotopic (exact) mass is 394 g/mol. The maximum atomic E-state index is 12.2. The molecule has 1 fully saturated rings. The quantitative estimate of drug-likeness (QED) is 0.693. The number of hydrogen-bond acceptors (Lipinski definition) is 6. The fourth-order valence-corrected chi connectivity index (χ4v) is 3.59. The molecule has 0 atom stereocenters. The van der Waals surface area contributed by atoms with Crippen molar-refractivity contribution >= 4 is 34.2 Å². The molecule has 3 aromatic rings. The van der Waals surface area contributed by atoms with E-state index in [1.165, 1.54) is 11.3 Å². The third kappa shape index (κ3) is 4.15. The molecule has 4 rings (SSSR count). The van der Waals surface area contributed by atoms with E-state index in [1.807, 2.05) is 35.7 Å². The van der Waals surface area contributed by atoms with Crippen molar-refractivity contribution in [3.8, 4) is 11.4 Å². The lowest BCUT2D eigenvalue weighted by Crippen LogP contribution is -2.28. The number of hydrogen-bond donors (Lipinski definition) is 2. The van der Waals surface area contributed by atoms with Crippen molar-refractivity contribution in [2.45, 2.75) is 19.4 Å². The van der Waals surface area contributed by atoms with Gasteiger partial charge in [-0.25, -0.2) is 14.8 Å². The van der Waals surface area contributed by atoms with Crippen LogP contribution in [0.5, 0.6) is 0 Å². The molecule has 4 heterocycles. The van der Waals surface area contributed by atoms with E-state index < -0.39 is 0 Å². The van der Waals surface area contributed by atoms with E-state index in [9.17, 15) is 9.59 Å². The zero-order valence-corrected chi connectivity index (χ0v) is 15.8. The third-order valence-corrected chi connectivity index (χ3v) is 5.02. The predicted octanol–water partition coefficient (Wildman–Crippen LogP) is 3.05. The number of nitrogens with zero attached hydrogens (tertiary/aromatic N) is 4. The molecule has 9 heteroatoms. The molecule has 0 unspecified atom stereocenters. The van der Waals surface area contributed by atoms with Gasteiger partial charge in [0.05, 0.1) is 5.69 Å². The van der Waals surface area contributed by atoms with Gasteiger partial charge in [-0.15, -0.1) is 11.3 Å². The minimum Gasteiger partial charge on any atom is -0.334 e. The number of pyridine rings is 2. The molecule has 0 radical (unpaired) electrons. The van der Waals surface area contributed by atoms with Crippen LogP contribution in [0.1, 0.15) is 18.4 Å². The van der Waals surface area contributed by atoms with Crippen LogP contribution in [0, 0.1) is 0 Å². The standard InChI is InChI=1S/C19H18N6O2S/c26-17-5-3-9-25(17)16-10-13(6-8-21-16)11-22-18(27)24-19-23-15(12-28-19)14-4-1-2-7-20-14/h1-2,4,6-8,10,12H,3,5,9,11H2,(H2,22,23,24,27). The molecule has 0 aliphatic carbocycles. The smallest absolute Gasteiger partial charge is 0.321 e. The van der Waals surface area contributed by atoms with E-state index in [2.05, 4.69) is 25.6 Å². The number of aromatic nitrogens is 3. The van der Waals surface area contributed by atoms with Crippen LogP contribution < -0.4 is 15.5 Å². The molecule has 1 aliphatic rings. The maximum Gasteiger partial charge on any atom is 0.321 e. The molecule has 8 nitrogen and oxygen atoms in total. The summed E-state index contributed by atoms with van der Waals surface area (Å²) in [7, 11) is 0. The van der Waals surface area contributed by atoms with Crippen LogP contribution in [0.15, 0.2) is 48.1 Å². The van der Waals surface area contributed by atoms with Crippen molar-refractivity contribution in [1.82, 2.24) is 20.3 Å². The van der Waals surface area contributed by atoms with Crippen LogP contribution in [0.4, 0.5) is 15.7 Å². The Bertz CT molecular complexity index is 991. The highest BCUT2D eigenvalue weighted by Gasteiger charge is 2.22. The molecule has 3 aromatic heterocycles. The van der Waals surface area contributed by atoms with Gasteiger partial charge in [-0.05, 0) is 36.2 Å². The Balaban J connectivity index is 1.34. The lowest BCUT2D eigenvalue weighted by molar-refractivity contribution is -0.117. The Morgan fingerprint density at radius 1 is 1.18 bits per heavy atom. The van der Waals surface area contributed by atoms with Crippen molar-refractivity contribution in [1.29, 1.82) is 0 Å². The number of thiazole rings is 1. The maximum absolute atomic E-state index is 12.2. The zero-order chi connectivity index (χ0) is 19.3. The molecule has 0 spiro atoms. The average molecular weight is 394 g/mol. The number of amides is 3. The molecule has 1 saturated heterocycles. The molecule has 142 valence electrons. The van der Waals surface area contributed by atoms with Gasteiger partial charge in [0.15, 0.2) is 5.13 Å². The van der Waals surface area contributed by atoms with Crippen LogP contribution in [-0.2, 0) is 11.3 Å². The second-order valence-corrected chi connectivity index (χ2v) is 7.09. The predicted molar refractivity (Wildman–Crippen MR) is 107 cm³/mol. The lowest BCUT2D eigenvalue weighted by atomic mass is 10.2. The summed E-state index contributed by atoms with van der Waals surface area (Å²) in [5.74, 6) is 0.713. The average Bonchev–Trinajstić information content (AvgIpc) is 3.36. The Labute approximate surface area is 165 Å². The van der Waals surface area contributed by atoms with Crippen LogP contribution in [-0.4, -0.2) is 33.4 Å². The Morgan fingerprint density at radius 2 is 2.11 bits per heavy atom. The van der Waals surface area contributed by atoms with E-state index in [1.54, 1.807) is 17.3 Å². The molecule has 3 amide bonds. The van der Waals surface area contributed by atoms with Gasteiger partial charge in [0.2, 0.25) is 5.91 Å². The molecule has 2 N–H and O–H groups in total. The number of rotatable bonds is 5. The summed E-state index contributed by atoms with van der Waals surface area (Å²) in [5, 5.41) is 7.87. The van der Waals surface area contributed by atoms with Gasteiger partial charge in [0.1, 0.15) is 11.5 Å². The first-order valence-electron chi connectivity index (χ1n) is 8.86. The van der Waals surface area contributed by atoms with Crippen LogP contribution in [0.2, 0.25) is 0 Å². The van der Waals surface area contributed by atoms with Gasteiger partial charge in [-0.3, -0.25) is 20.0 Å². The molecule has 0 saturated carbocycles. The van der Waals surface area contributed by atoms with Crippen LogP contribution in [0.3, 0.4) is 0 Å². The number of carbonyl (C=O) groups excluding carboxylic acids is 2. The van der Waals surface area contributed by atoms with Crippen molar-refractivity contribution in [3.63, 3.8) is 0 Å². The summed E-state index contributed by atoms with van der Waals surface area (Å²) in [5.41, 5.74) is 2.34. The van der Waals surface area contributed by atoms with Crippen molar-refractivity contribution in [2.75, 3.05) is 16.8 Å². The number of carbonyl (C=O) groups is 2. The van der Waals surface area contributed by atoms with Crippen molar-refractivity contribution < 1.29 is 9.59 Å². The highest BCUT2D eigenvalue weighted by Crippen LogP contribution is 2.23.